The maximum atomic E-state index is 6.28. The van der Waals surface area contributed by atoms with Crippen LogP contribution in [0.15, 0.2) is 167 Å². The van der Waals surface area contributed by atoms with Crippen LogP contribution in [-0.4, -0.2) is 4.98 Å². The third-order valence-electron chi connectivity index (χ3n) is 9.10. The molecule has 0 amide bonds. The maximum absolute atomic E-state index is 6.28. The van der Waals surface area contributed by atoms with Crippen LogP contribution in [0.1, 0.15) is 0 Å². The van der Waals surface area contributed by atoms with Gasteiger partial charge >= 0.3 is 0 Å². The zero-order valence-corrected chi connectivity index (χ0v) is 26.4. The van der Waals surface area contributed by atoms with E-state index in [0.29, 0.717) is 5.89 Å². The molecule has 0 unspecified atom stereocenters. The van der Waals surface area contributed by atoms with Gasteiger partial charge < -0.3 is 13.7 Å². The van der Waals surface area contributed by atoms with Crippen molar-refractivity contribution in [2.24, 2.45) is 0 Å². The Morgan fingerprint density at radius 1 is 0.458 bits per heavy atom. The number of benzene rings is 7. The molecule has 0 spiro atoms. The van der Waals surface area contributed by atoms with Gasteiger partial charge in [-0.25, -0.2) is 4.98 Å². The Balaban J connectivity index is 1.08. The predicted molar refractivity (Wildman–Crippen MR) is 200 cm³/mol. The van der Waals surface area contributed by atoms with Gasteiger partial charge in [0.05, 0.1) is 0 Å². The lowest BCUT2D eigenvalue weighted by molar-refractivity contribution is 0.620. The summed E-state index contributed by atoms with van der Waals surface area (Å²) in [4.78, 5) is 7.12. The van der Waals surface area contributed by atoms with Gasteiger partial charge in [0.2, 0.25) is 5.89 Å². The molecule has 0 radical (unpaired) electrons. The van der Waals surface area contributed by atoms with Crippen LogP contribution in [0, 0.1) is 0 Å². The number of aromatic nitrogens is 1. The molecule has 10 aromatic rings. The highest BCUT2D eigenvalue weighted by atomic mass is 32.1. The molecule has 10 rings (SSSR count). The molecule has 0 saturated carbocycles. The Kier molecular flexibility index (Phi) is 6.01. The quantitative estimate of drug-likeness (QED) is 0.189. The molecule has 48 heavy (non-hydrogen) atoms. The first-order valence-electron chi connectivity index (χ1n) is 15.9. The van der Waals surface area contributed by atoms with E-state index in [1.807, 2.05) is 42.5 Å². The van der Waals surface area contributed by atoms with Crippen molar-refractivity contribution in [3.05, 3.63) is 158 Å². The summed E-state index contributed by atoms with van der Waals surface area (Å²) in [7, 11) is 0. The fourth-order valence-corrected chi connectivity index (χ4v) is 8.01. The summed E-state index contributed by atoms with van der Waals surface area (Å²) in [5.41, 5.74) is 10.0. The largest absolute Gasteiger partial charge is 0.456 e. The Morgan fingerprint density at radius 2 is 1.19 bits per heavy atom. The summed E-state index contributed by atoms with van der Waals surface area (Å²) in [6.07, 6.45) is 0. The molecule has 4 nitrogen and oxygen atoms in total. The number of anilines is 3. The summed E-state index contributed by atoms with van der Waals surface area (Å²) >= 11 is 1.80. The van der Waals surface area contributed by atoms with E-state index in [1.165, 1.54) is 25.7 Å². The van der Waals surface area contributed by atoms with E-state index in [9.17, 15) is 0 Å². The number of furan rings is 1. The van der Waals surface area contributed by atoms with Crippen LogP contribution >= 0.6 is 11.3 Å². The molecule has 0 saturated heterocycles. The minimum atomic E-state index is 0.645. The first kappa shape index (κ1) is 27.0. The smallest absolute Gasteiger partial charge is 0.227 e. The second kappa shape index (κ2) is 10.7. The van der Waals surface area contributed by atoms with Crippen molar-refractivity contribution in [2.75, 3.05) is 4.90 Å². The highest BCUT2D eigenvalue weighted by Crippen LogP contribution is 2.44. The third-order valence-corrected chi connectivity index (χ3v) is 10.2. The summed E-state index contributed by atoms with van der Waals surface area (Å²) in [6, 6.07) is 55.0. The van der Waals surface area contributed by atoms with Crippen molar-refractivity contribution >= 4 is 81.6 Å². The molecule has 226 valence electrons. The predicted octanol–water partition coefficient (Wildman–Crippen LogP) is 12.9. The first-order chi connectivity index (χ1) is 23.8. The molecule has 5 heteroatoms. The molecule has 0 bridgehead atoms. The van der Waals surface area contributed by atoms with Crippen LogP contribution in [-0.2, 0) is 0 Å². The Morgan fingerprint density at radius 3 is 2.04 bits per heavy atom. The monoisotopic (exact) mass is 634 g/mol. The molecule has 0 fully saturated rings. The van der Waals surface area contributed by atoms with Gasteiger partial charge in [-0.05, 0) is 90.0 Å². The van der Waals surface area contributed by atoms with Gasteiger partial charge in [0.25, 0.3) is 0 Å². The standard InChI is InChI=1S/C43H26N2O2S/c1-3-10-28(11-4-1)43-44-36-26-41-35(25-39(36)47-43)42-32(15-9-17-40(42)48-41)27-18-20-30(21-19-27)45(29-12-5-2-6-13-29)31-22-23-38-34(24-31)33-14-7-8-16-37(33)46-38/h1-26H. The summed E-state index contributed by atoms with van der Waals surface area (Å²) in [5.74, 6) is 0.645. The Hall–Kier alpha value is -6.17. The normalized spacial score (nSPS) is 11.8. The minimum Gasteiger partial charge on any atom is -0.456 e. The number of para-hydroxylation sites is 2. The highest BCUT2D eigenvalue weighted by molar-refractivity contribution is 7.26. The third kappa shape index (κ3) is 4.33. The number of fused-ring (bicyclic) bond motifs is 7. The molecule has 0 atom stereocenters. The summed E-state index contributed by atoms with van der Waals surface area (Å²) in [6.45, 7) is 0. The second-order valence-corrected chi connectivity index (χ2v) is 13.1. The first-order valence-corrected chi connectivity index (χ1v) is 16.8. The molecule has 0 aliphatic carbocycles. The molecule has 3 aromatic heterocycles. The molecular formula is C43H26N2O2S. The average Bonchev–Trinajstić information content (AvgIpc) is 3.84. The van der Waals surface area contributed by atoms with E-state index in [4.69, 9.17) is 13.8 Å². The minimum absolute atomic E-state index is 0.645. The van der Waals surface area contributed by atoms with Gasteiger partial charge in [0, 0.05) is 53.6 Å². The second-order valence-electron chi connectivity index (χ2n) is 12.0. The fourth-order valence-electron chi connectivity index (χ4n) is 6.86. The topological polar surface area (TPSA) is 42.4 Å². The number of thiophene rings is 1. The van der Waals surface area contributed by atoms with Crippen molar-refractivity contribution in [1.82, 2.24) is 4.98 Å². The van der Waals surface area contributed by atoms with Crippen LogP contribution in [0.25, 0.3) is 75.8 Å². The molecule has 0 aliphatic heterocycles. The molecule has 0 N–H and O–H groups in total. The molecule has 3 heterocycles. The lowest BCUT2D eigenvalue weighted by Gasteiger charge is -2.25. The van der Waals surface area contributed by atoms with Crippen molar-refractivity contribution in [3.63, 3.8) is 0 Å². The molecule has 0 aliphatic rings. The lowest BCUT2D eigenvalue weighted by Crippen LogP contribution is -2.09. The molecular weight excluding hydrogens is 609 g/mol. The van der Waals surface area contributed by atoms with Crippen LogP contribution in [0.5, 0.6) is 0 Å². The van der Waals surface area contributed by atoms with E-state index in [1.54, 1.807) is 11.3 Å². The zero-order valence-electron chi connectivity index (χ0n) is 25.6. The summed E-state index contributed by atoms with van der Waals surface area (Å²) < 4.78 is 14.9. The molecule has 7 aromatic carbocycles. The number of rotatable bonds is 5. The van der Waals surface area contributed by atoms with E-state index in [2.05, 4.69) is 120 Å². The van der Waals surface area contributed by atoms with Gasteiger partial charge in [0.1, 0.15) is 16.7 Å². The van der Waals surface area contributed by atoms with Crippen LogP contribution in [0.4, 0.5) is 17.1 Å². The highest BCUT2D eigenvalue weighted by Gasteiger charge is 2.18. The van der Waals surface area contributed by atoms with E-state index < -0.39 is 0 Å². The number of hydrogen-bond donors (Lipinski definition) is 0. The average molecular weight is 635 g/mol. The van der Waals surface area contributed by atoms with E-state index in [-0.39, 0.29) is 0 Å². The number of oxazole rings is 1. The van der Waals surface area contributed by atoms with E-state index >= 15 is 0 Å². The number of hydrogen-bond acceptors (Lipinski definition) is 5. The number of nitrogens with zero attached hydrogens (tertiary/aromatic N) is 2. The Labute approximate surface area is 279 Å². The van der Waals surface area contributed by atoms with Crippen LogP contribution in [0.3, 0.4) is 0 Å². The fraction of sp³-hybridized carbons (Fsp3) is 0. The van der Waals surface area contributed by atoms with Gasteiger partial charge in [-0.2, -0.15) is 0 Å². The van der Waals surface area contributed by atoms with Crippen molar-refractivity contribution in [3.8, 4) is 22.6 Å². The maximum Gasteiger partial charge on any atom is 0.227 e. The van der Waals surface area contributed by atoms with Crippen LogP contribution < -0.4 is 4.90 Å². The van der Waals surface area contributed by atoms with Crippen molar-refractivity contribution in [1.29, 1.82) is 0 Å². The SMILES string of the molecule is c1ccc(-c2nc3cc4sc5cccc(-c6ccc(N(c7ccccc7)c7ccc8oc9ccccc9c8c7)cc6)c5c4cc3o2)cc1. The van der Waals surface area contributed by atoms with Gasteiger partial charge in [0.15, 0.2) is 5.58 Å². The van der Waals surface area contributed by atoms with Crippen molar-refractivity contribution in [2.45, 2.75) is 0 Å². The van der Waals surface area contributed by atoms with Gasteiger partial charge in [-0.1, -0.05) is 78.9 Å². The summed E-state index contributed by atoms with van der Waals surface area (Å²) in [5, 5.41) is 4.65. The van der Waals surface area contributed by atoms with Gasteiger partial charge in [-0.15, -0.1) is 11.3 Å². The van der Waals surface area contributed by atoms with E-state index in [0.717, 1.165) is 61.2 Å². The lowest BCUT2D eigenvalue weighted by atomic mass is 9.99. The van der Waals surface area contributed by atoms with Crippen LogP contribution in [0.2, 0.25) is 0 Å². The Bertz CT molecular complexity index is 2780. The zero-order chi connectivity index (χ0) is 31.6. The van der Waals surface area contributed by atoms with Crippen molar-refractivity contribution < 1.29 is 8.83 Å². The van der Waals surface area contributed by atoms with Gasteiger partial charge in [-0.3, -0.25) is 0 Å².